The van der Waals surface area contributed by atoms with Crippen LogP contribution >= 0.6 is 15.9 Å². The van der Waals surface area contributed by atoms with Crippen LogP contribution in [0.2, 0.25) is 0 Å². The summed E-state index contributed by atoms with van der Waals surface area (Å²) in [5.41, 5.74) is 0. The maximum atomic E-state index is 5.10. The Hall–Kier alpha value is -0.880. The van der Waals surface area contributed by atoms with Gasteiger partial charge in [0.05, 0.1) is 6.61 Å². The van der Waals surface area contributed by atoms with Gasteiger partial charge < -0.3 is 15.4 Å². The first-order valence-electron chi connectivity index (χ1n) is 6.16. The average Bonchev–Trinajstić information content (AvgIpc) is 2.36. The molecule has 1 unspecified atom stereocenters. The highest BCUT2D eigenvalue weighted by atomic mass is 79.9. The van der Waals surface area contributed by atoms with E-state index in [-0.39, 0.29) is 0 Å². The van der Waals surface area contributed by atoms with Gasteiger partial charge >= 0.3 is 0 Å². The minimum Gasteiger partial charge on any atom is -0.384 e. The molecular formula is C12H21BrN4O. The van der Waals surface area contributed by atoms with E-state index in [9.17, 15) is 0 Å². The van der Waals surface area contributed by atoms with E-state index < -0.39 is 0 Å². The van der Waals surface area contributed by atoms with Gasteiger partial charge in [0.15, 0.2) is 0 Å². The normalized spacial score (nSPS) is 12.2. The van der Waals surface area contributed by atoms with Crippen molar-refractivity contribution in [2.24, 2.45) is 5.92 Å². The predicted molar refractivity (Wildman–Crippen MR) is 78.0 cm³/mol. The van der Waals surface area contributed by atoms with Crippen molar-refractivity contribution in [3.05, 3.63) is 10.8 Å². The zero-order valence-corrected chi connectivity index (χ0v) is 12.7. The second kappa shape index (κ2) is 8.26. The second-order valence-electron chi connectivity index (χ2n) is 4.25. The van der Waals surface area contributed by atoms with Gasteiger partial charge in [-0.1, -0.05) is 13.8 Å². The molecule has 1 heterocycles. The molecule has 0 amide bonds. The van der Waals surface area contributed by atoms with Crippen molar-refractivity contribution in [3.8, 4) is 0 Å². The summed E-state index contributed by atoms with van der Waals surface area (Å²) in [5.74, 6) is 2.07. The van der Waals surface area contributed by atoms with Gasteiger partial charge in [0, 0.05) is 20.2 Å². The molecule has 1 aromatic rings. The maximum absolute atomic E-state index is 5.10. The number of rotatable bonds is 8. The van der Waals surface area contributed by atoms with E-state index in [1.165, 1.54) is 0 Å². The first-order valence-corrected chi connectivity index (χ1v) is 6.95. The molecule has 0 aliphatic carbocycles. The Morgan fingerprint density at radius 1 is 1.33 bits per heavy atom. The number of hydrogen-bond acceptors (Lipinski definition) is 5. The van der Waals surface area contributed by atoms with Crippen LogP contribution in [-0.2, 0) is 4.74 Å². The Morgan fingerprint density at radius 2 is 2.00 bits per heavy atom. The van der Waals surface area contributed by atoms with E-state index in [1.807, 2.05) is 0 Å². The number of nitrogens with zero attached hydrogens (tertiary/aromatic N) is 2. The molecule has 5 nitrogen and oxygen atoms in total. The standard InChI is InChI=1S/C12H21BrN4O/c1-4-5-14-11-10(13)12(17-8-16-11)15-6-9(2)7-18-3/h8-9H,4-7H2,1-3H3,(H2,14,15,16,17). The van der Waals surface area contributed by atoms with Gasteiger partial charge in [-0.3, -0.25) is 0 Å². The van der Waals surface area contributed by atoms with Crippen molar-refractivity contribution in [2.45, 2.75) is 20.3 Å². The first-order chi connectivity index (χ1) is 8.69. The van der Waals surface area contributed by atoms with Crippen LogP contribution in [0.4, 0.5) is 11.6 Å². The molecule has 102 valence electrons. The van der Waals surface area contributed by atoms with Crippen LogP contribution in [0.15, 0.2) is 10.8 Å². The number of methoxy groups -OCH3 is 1. The zero-order chi connectivity index (χ0) is 13.4. The lowest BCUT2D eigenvalue weighted by Crippen LogP contribution is -2.17. The van der Waals surface area contributed by atoms with Gasteiger partial charge in [0.25, 0.3) is 0 Å². The van der Waals surface area contributed by atoms with Gasteiger partial charge in [-0.2, -0.15) is 0 Å². The van der Waals surface area contributed by atoms with Crippen molar-refractivity contribution in [3.63, 3.8) is 0 Å². The Balaban J connectivity index is 2.60. The third-order valence-electron chi connectivity index (χ3n) is 2.40. The molecule has 0 spiro atoms. The number of hydrogen-bond donors (Lipinski definition) is 2. The Bertz CT molecular complexity index is 362. The lowest BCUT2D eigenvalue weighted by molar-refractivity contribution is 0.164. The molecule has 0 radical (unpaired) electrons. The average molecular weight is 317 g/mol. The predicted octanol–water partition coefficient (Wildman–Crippen LogP) is 2.76. The molecule has 1 atom stereocenters. The van der Waals surface area contributed by atoms with Gasteiger partial charge in [0.2, 0.25) is 0 Å². The van der Waals surface area contributed by atoms with E-state index in [1.54, 1.807) is 13.4 Å². The van der Waals surface area contributed by atoms with Gasteiger partial charge in [0.1, 0.15) is 22.4 Å². The van der Waals surface area contributed by atoms with Gasteiger partial charge in [-0.05, 0) is 28.3 Å². The molecule has 0 aromatic carbocycles. The maximum Gasteiger partial charge on any atom is 0.145 e. The fourth-order valence-corrected chi connectivity index (χ4v) is 1.96. The van der Waals surface area contributed by atoms with Crippen LogP contribution in [0, 0.1) is 5.92 Å². The third-order valence-corrected chi connectivity index (χ3v) is 3.15. The van der Waals surface area contributed by atoms with Crippen LogP contribution in [0.25, 0.3) is 0 Å². The van der Waals surface area contributed by atoms with Gasteiger partial charge in [-0.15, -0.1) is 0 Å². The molecule has 0 aliphatic rings. The summed E-state index contributed by atoms with van der Waals surface area (Å²) in [6.45, 7) is 6.69. The molecule has 0 aliphatic heterocycles. The van der Waals surface area contributed by atoms with Crippen molar-refractivity contribution >= 4 is 27.6 Å². The summed E-state index contributed by atoms with van der Waals surface area (Å²) < 4.78 is 5.98. The van der Waals surface area contributed by atoms with Gasteiger partial charge in [-0.25, -0.2) is 9.97 Å². The topological polar surface area (TPSA) is 59.1 Å². The number of anilines is 2. The molecule has 1 rings (SSSR count). The molecule has 0 bridgehead atoms. The monoisotopic (exact) mass is 316 g/mol. The lowest BCUT2D eigenvalue weighted by Gasteiger charge is -2.14. The first kappa shape index (κ1) is 15.2. The minimum atomic E-state index is 0.434. The van der Waals surface area contributed by atoms with E-state index in [0.717, 1.165) is 42.2 Å². The number of aromatic nitrogens is 2. The summed E-state index contributed by atoms with van der Waals surface area (Å²) in [5, 5.41) is 6.55. The Morgan fingerprint density at radius 3 is 2.61 bits per heavy atom. The van der Waals surface area contributed by atoms with E-state index >= 15 is 0 Å². The van der Waals surface area contributed by atoms with E-state index in [4.69, 9.17) is 4.74 Å². The summed E-state index contributed by atoms with van der Waals surface area (Å²) in [4.78, 5) is 8.44. The van der Waals surface area contributed by atoms with Crippen LogP contribution in [0.5, 0.6) is 0 Å². The summed E-state index contributed by atoms with van der Waals surface area (Å²) in [6.07, 6.45) is 2.62. The van der Waals surface area contributed by atoms with Crippen molar-refractivity contribution < 1.29 is 4.74 Å². The highest BCUT2D eigenvalue weighted by molar-refractivity contribution is 9.10. The number of halogens is 1. The molecule has 1 aromatic heterocycles. The molecule has 0 fully saturated rings. The quantitative estimate of drug-likeness (QED) is 0.772. The Kier molecular flexibility index (Phi) is 6.97. The number of ether oxygens (including phenoxy) is 1. The fraction of sp³-hybridized carbons (Fsp3) is 0.667. The zero-order valence-electron chi connectivity index (χ0n) is 11.2. The number of nitrogens with one attached hydrogen (secondary N) is 2. The molecular weight excluding hydrogens is 296 g/mol. The van der Waals surface area contributed by atoms with Crippen LogP contribution in [0.3, 0.4) is 0 Å². The van der Waals surface area contributed by atoms with Crippen LogP contribution in [-0.4, -0.2) is 36.8 Å². The van der Waals surface area contributed by atoms with Crippen molar-refractivity contribution in [2.75, 3.05) is 37.4 Å². The largest absolute Gasteiger partial charge is 0.384 e. The van der Waals surface area contributed by atoms with E-state index in [2.05, 4.69) is 50.4 Å². The highest BCUT2D eigenvalue weighted by Gasteiger charge is 2.09. The SMILES string of the molecule is CCCNc1ncnc(NCC(C)COC)c1Br. The smallest absolute Gasteiger partial charge is 0.145 e. The Labute approximate surface area is 117 Å². The molecule has 0 saturated carbocycles. The summed E-state index contributed by atoms with van der Waals surface area (Å²) >= 11 is 3.52. The summed E-state index contributed by atoms with van der Waals surface area (Å²) in [7, 11) is 1.71. The molecule has 0 saturated heterocycles. The molecule has 6 heteroatoms. The van der Waals surface area contributed by atoms with Crippen LogP contribution < -0.4 is 10.6 Å². The minimum absolute atomic E-state index is 0.434. The molecule has 18 heavy (non-hydrogen) atoms. The summed E-state index contributed by atoms with van der Waals surface area (Å²) in [6, 6.07) is 0. The van der Waals surface area contributed by atoms with Crippen LogP contribution in [0.1, 0.15) is 20.3 Å². The lowest BCUT2D eigenvalue weighted by atomic mass is 10.2. The fourth-order valence-electron chi connectivity index (χ4n) is 1.47. The third kappa shape index (κ3) is 4.78. The highest BCUT2D eigenvalue weighted by Crippen LogP contribution is 2.26. The van der Waals surface area contributed by atoms with Crippen molar-refractivity contribution in [1.82, 2.24) is 9.97 Å². The van der Waals surface area contributed by atoms with Crippen molar-refractivity contribution in [1.29, 1.82) is 0 Å². The van der Waals surface area contributed by atoms with E-state index in [0.29, 0.717) is 5.92 Å². The second-order valence-corrected chi connectivity index (χ2v) is 5.05. The molecule has 2 N–H and O–H groups in total.